The molecule has 0 radical (unpaired) electrons. The van der Waals surface area contributed by atoms with Gasteiger partial charge in [0.15, 0.2) is 0 Å². The maximum Gasteiger partial charge on any atom is 0.415 e. The summed E-state index contributed by atoms with van der Waals surface area (Å²) in [6, 6.07) is 15.9. The summed E-state index contributed by atoms with van der Waals surface area (Å²) in [7, 11) is 0. The number of carbonyl (C=O) groups excluding carboxylic acids is 3. The first-order valence-electron chi connectivity index (χ1n) is 11.9. The molecule has 1 N–H and O–H groups in total. The molecule has 0 saturated carbocycles. The lowest BCUT2D eigenvalue weighted by Crippen LogP contribution is -2.53. The highest BCUT2D eigenvalue weighted by Crippen LogP contribution is 2.23. The molecule has 182 valence electrons. The third kappa shape index (κ3) is 6.14. The van der Waals surface area contributed by atoms with Gasteiger partial charge in [-0.25, -0.2) is 4.79 Å². The molecule has 1 atom stereocenters. The van der Waals surface area contributed by atoms with Crippen LogP contribution in [0.4, 0.5) is 4.79 Å². The van der Waals surface area contributed by atoms with Crippen LogP contribution in [0.1, 0.15) is 42.7 Å². The van der Waals surface area contributed by atoms with E-state index >= 15 is 0 Å². The topological polar surface area (TPSA) is 82.2 Å². The first kappa shape index (κ1) is 25.2. The van der Waals surface area contributed by atoms with Crippen LogP contribution in [-0.4, -0.2) is 78.4 Å². The molecule has 3 rings (SSSR count). The van der Waals surface area contributed by atoms with Gasteiger partial charge in [-0.1, -0.05) is 30.3 Å². The van der Waals surface area contributed by atoms with E-state index in [0.29, 0.717) is 57.1 Å². The molecule has 1 aliphatic rings. The summed E-state index contributed by atoms with van der Waals surface area (Å²) in [5.74, 6) is 0.316. The molecule has 1 heterocycles. The van der Waals surface area contributed by atoms with Gasteiger partial charge in [-0.2, -0.15) is 0 Å². The quantitative estimate of drug-likeness (QED) is 0.646. The zero-order valence-electron chi connectivity index (χ0n) is 20.2. The highest BCUT2D eigenvalue weighted by molar-refractivity contribution is 5.94. The first-order valence-corrected chi connectivity index (χ1v) is 11.9. The van der Waals surface area contributed by atoms with Crippen molar-refractivity contribution in [3.8, 4) is 5.75 Å². The molecule has 34 heavy (non-hydrogen) atoms. The van der Waals surface area contributed by atoms with Gasteiger partial charge in [0.25, 0.3) is 5.91 Å². The SMILES string of the molecule is CCNC(=O)C(c1ccccc1)N1CCN(C(=O)Oc2ccc(C(=O)N(CC)CC)cc2)CC1. The van der Waals surface area contributed by atoms with Gasteiger partial charge >= 0.3 is 6.09 Å². The number of amides is 3. The lowest BCUT2D eigenvalue weighted by molar-refractivity contribution is -0.127. The Kier molecular flexibility index (Phi) is 9.04. The van der Waals surface area contributed by atoms with Gasteiger partial charge in [0.2, 0.25) is 5.91 Å². The van der Waals surface area contributed by atoms with Crippen LogP contribution in [0.2, 0.25) is 0 Å². The van der Waals surface area contributed by atoms with Crippen molar-refractivity contribution in [3.63, 3.8) is 0 Å². The molecule has 8 heteroatoms. The summed E-state index contributed by atoms with van der Waals surface area (Å²) in [6.07, 6.45) is -0.434. The van der Waals surface area contributed by atoms with Gasteiger partial charge in [0.05, 0.1) is 0 Å². The Hall–Kier alpha value is -3.39. The summed E-state index contributed by atoms with van der Waals surface area (Å²) >= 11 is 0. The smallest absolute Gasteiger partial charge is 0.410 e. The number of nitrogens with one attached hydrogen (secondary N) is 1. The molecule has 2 aromatic rings. The van der Waals surface area contributed by atoms with Crippen LogP contribution >= 0.6 is 0 Å². The van der Waals surface area contributed by atoms with E-state index in [1.807, 2.05) is 51.1 Å². The van der Waals surface area contributed by atoms with E-state index in [9.17, 15) is 14.4 Å². The Morgan fingerprint density at radius 1 is 0.912 bits per heavy atom. The molecule has 1 aliphatic heterocycles. The van der Waals surface area contributed by atoms with Gasteiger partial charge in [0.1, 0.15) is 11.8 Å². The summed E-state index contributed by atoms with van der Waals surface area (Å²) < 4.78 is 5.53. The number of ether oxygens (including phenoxy) is 1. The maximum absolute atomic E-state index is 12.8. The van der Waals surface area contributed by atoms with Crippen molar-refractivity contribution in [2.75, 3.05) is 45.8 Å². The molecule has 8 nitrogen and oxygen atoms in total. The fourth-order valence-corrected chi connectivity index (χ4v) is 4.12. The summed E-state index contributed by atoms with van der Waals surface area (Å²) in [6.45, 7) is 9.66. The normalized spacial score (nSPS) is 14.9. The zero-order valence-corrected chi connectivity index (χ0v) is 20.2. The van der Waals surface area contributed by atoms with Gasteiger partial charge in [0, 0.05) is 51.4 Å². The fourth-order valence-electron chi connectivity index (χ4n) is 4.12. The van der Waals surface area contributed by atoms with Crippen LogP contribution in [0.25, 0.3) is 0 Å². The van der Waals surface area contributed by atoms with E-state index in [0.717, 1.165) is 5.56 Å². The van der Waals surface area contributed by atoms with E-state index < -0.39 is 12.1 Å². The van der Waals surface area contributed by atoms with Crippen molar-refractivity contribution >= 4 is 17.9 Å². The molecule has 1 fully saturated rings. The highest BCUT2D eigenvalue weighted by Gasteiger charge is 2.32. The Morgan fingerprint density at radius 3 is 2.09 bits per heavy atom. The first-order chi connectivity index (χ1) is 16.5. The number of hydrogen-bond donors (Lipinski definition) is 1. The minimum absolute atomic E-state index is 0.0379. The molecular formula is C26H34N4O4. The minimum Gasteiger partial charge on any atom is -0.410 e. The molecule has 0 aromatic heterocycles. The molecule has 1 saturated heterocycles. The van der Waals surface area contributed by atoms with Crippen LogP contribution < -0.4 is 10.1 Å². The highest BCUT2D eigenvalue weighted by atomic mass is 16.6. The second-order valence-electron chi connectivity index (χ2n) is 8.10. The predicted molar refractivity (Wildman–Crippen MR) is 131 cm³/mol. The van der Waals surface area contributed by atoms with Crippen molar-refractivity contribution in [3.05, 3.63) is 65.7 Å². The monoisotopic (exact) mass is 466 g/mol. The minimum atomic E-state index is -0.434. The van der Waals surface area contributed by atoms with E-state index in [4.69, 9.17) is 4.74 Å². The van der Waals surface area contributed by atoms with Gasteiger partial charge < -0.3 is 19.9 Å². The third-order valence-corrected chi connectivity index (χ3v) is 6.01. The Labute approximate surface area is 201 Å². The van der Waals surface area contributed by atoms with Gasteiger partial charge in [-0.05, 0) is 50.6 Å². The van der Waals surface area contributed by atoms with E-state index in [2.05, 4.69) is 10.2 Å². The van der Waals surface area contributed by atoms with Crippen molar-refractivity contribution in [1.29, 1.82) is 0 Å². The van der Waals surface area contributed by atoms with Crippen LogP contribution in [-0.2, 0) is 4.79 Å². The predicted octanol–water partition coefficient (Wildman–Crippen LogP) is 3.16. The summed E-state index contributed by atoms with van der Waals surface area (Å²) in [5.41, 5.74) is 1.50. The number of carbonyl (C=O) groups is 3. The summed E-state index contributed by atoms with van der Waals surface area (Å²) in [4.78, 5) is 43.4. The number of likely N-dealkylation sites (N-methyl/N-ethyl adjacent to an activating group) is 1. The molecule has 1 unspecified atom stereocenters. The maximum atomic E-state index is 12.8. The molecule has 0 bridgehead atoms. The fraction of sp³-hybridized carbons (Fsp3) is 0.423. The number of nitrogens with zero attached hydrogens (tertiary/aromatic N) is 3. The number of benzene rings is 2. The van der Waals surface area contributed by atoms with Crippen LogP contribution in [0.5, 0.6) is 5.75 Å². The molecule has 0 spiro atoms. The Bertz CT molecular complexity index is 953. The largest absolute Gasteiger partial charge is 0.415 e. The lowest BCUT2D eigenvalue weighted by atomic mass is 10.0. The lowest BCUT2D eigenvalue weighted by Gasteiger charge is -2.38. The van der Waals surface area contributed by atoms with E-state index in [1.54, 1.807) is 34.1 Å². The van der Waals surface area contributed by atoms with Gasteiger partial charge in [-0.15, -0.1) is 0 Å². The standard InChI is InChI=1S/C26H34N4O4/c1-4-27-24(31)23(20-10-8-7-9-11-20)29-16-18-30(19-17-29)26(33)34-22-14-12-21(13-15-22)25(32)28(5-2)6-3/h7-15,23H,4-6,16-19H2,1-3H3,(H,27,31). The van der Waals surface area contributed by atoms with E-state index in [1.165, 1.54) is 0 Å². The van der Waals surface area contributed by atoms with Crippen molar-refractivity contribution in [2.24, 2.45) is 0 Å². The zero-order chi connectivity index (χ0) is 24.5. The third-order valence-electron chi connectivity index (χ3n) is 6.01. The molecular weight excluding hydrogens is 432 g/mol. The molecule has 3 amide bonds. The summed E-state index contributed by atoms with van der Waals surface area (Å²) in [5, 5.41) is 2.92. The van der Waals surface area contributed by atoms with Crippen molar-refractivity contribution in [2.45, 2.75) is 26.8 Å². The molecule has 0 aliphatic carbocycles. The number of piperazine rings is 1. The Morgan fingerprint density at radius 2 is 1.53 bits per heavy atom. The number of rotatable bonds is 8. The van der Waals surface area contributed by atoms with Gasteiger partial charge in [-0.3, -0.25) is 14.5 Å². The number of hydrogen-bond acceptors (Lipinski definition) is 5. The second kappa shape index (κ2) is 12.2. The van der Waals surface area contributed by atoms with Crippen LogP contribution in [0, 0.1) is 0 Å². The Balaban J connectivity index is 1.58. The van der Waals surface area contributed by atoms with Crippen molar-refractivity contribution in [1.82, 2.24) is 20.0 Å². The molecule has 2 aromatic carbocycles. The van der Waals surface area contributed by atoms with E-state index in [-0.39, 0.29) is 11.8 Å². The van der Waals surface area contributed by atoms with Crippen LogP contribution in [0.15, 0.2) is 54.6 Å². The average Bonchev–Trinajstić information content (AvgIpc) is 2.86. The second-order valence-corrected chi connectivity index (χ2v) is 8.10. The average molecular weight is 467 g/mol. The van der Waals surface area contributed by atoms with Crippen LogP contribution in [0.3, 0.4) is 0 Å². The van der Waals surface area contributed by atoms with Crippen molar-refractivity contribution < 1.29 is 19.1 Å².